The van der Waals surface area contributed by atoms with Crippen LogP contribution in [0.2, 0.25) is 0 Å². The maximum absolute atomic E-state index is 12.3. The molecule has 0 bridgehead atoms. The molecule has 2 aromatic carbocycles. The molecule has 8 nitrogen and oxygen atoms in total. The van der Waals surface area contributed by atoms with Crippen LogP contribution in [0.3, 0.4) is 0 Å². The Morgan fingerprint density at radius 3 is 2.57 bits per heavy atom. The van der Waals surface area contributed by atoms with Gasteiger partial charge in [0.15, 0.2) is 23.0 Å². The maximum atomic E-state index is 12.3. The SMILES string of the molecule is COc1ccc(/C=N\O[C@H](C)C(=O)Nc2ccc3c(c2)OCCO3)cc1OC. The highest BCUT2D eigenvalue weighted by Gasteiger charge is 2.17. The minimum atomic E-state index is -0.787. The predicted molar refractivity (Wildman–Crippen MR) is 104 cm³/mol. The lowest BCUT2D eigenvalue weighted by atomic mass is 10.2. The summed E-state index contributed by atoms with van der Waals surface area (Å²) in [5.74, 6) is 2.13. The number of nitrogens with zero attached hydrogens (tertiary/aromatic N) is 1. The lowest BCUT2D eigenvalue weighted by Gasteiger charge is -2.19. The van der Waals surface area contributed by atoms with Crippen molar-refractivity contribution in [3.05, 3.63) is 42.0 Å². The van der Waals surface area contributed by atoms with Crippen LogP contribution < -0.4 is 24.3 Å². The molecule has 8 heteroatoms. The van der Waals surface area contributed by atoms with Crippen LogP contribution in [-0.4, -0.2) is 45.7 Å². The molecule has 0 spiro atoms. The predicted octanol–water partition coefficient (Wildman–Crippen LogP) is 2.85. The van der Waals surface area contributed by atoms with Crippen LogP contribution in [0, 0.1) is 0 Å². The van der Waals surface area contributed by atoms with Crippen molar-refractivity contribution < 1.29 is 28.6 Å². The van der Waals surface area contributed by atoms with Crippen molar-refractivity contribution in [2.45, 2.75) is 13.0 Å². The van der Waals surface area contributed by atoms with Crippen LogP contribution in [0.15, 0.2) is 41.6 Å². The Labute approximate surface area is 163 Å². The number of methoxy groups -OCH3 is 2. The van der Waals surface area contributed by atoms with Gasteiger partial charge in [-0.3, -0.25) is 4.79 Å². The first-order chi connectivity index (χ1) is 13.6. The molecule has 2 aromatic rings. The van der Waals surface area contributed by atoms with Crippen molar-refractivity contribution in [1.29, 1.82) is 0 Å². The summed E-state index contributed by atoms with van der Waals surface area (Å²) in [5.41, 5.74) is 1.34. The fourth-order valence-electron chi connectivity index (χ4n) is 2.53. The zero-order valence-electron chi connectivity index (χ0n) is 15.9. The number of carbonyl (C=O) groups is 1. The Hall–Kier alpha value is -3.42. The number of hydrogen-bond acceptors (Lipinski definition) is 7. The van der Waals surface area contributed by atoms with Crippen LogP contribution in [0.5, 0.6) is 23.0 Å². The zero-order chi connectivity index (χ0) is 19.9. The molecule has 0 fully saturated rings. The zero-order valence-corrected chi connectivity index (χ0v) is 15.9. The summed E-state index contributed by atoms with van der Waals surface area (Å²) >= 11 is 0. The first-order valence-electron chi connectivity index (χ1n) is 8.72. The monoisotopic (exact) mass is 386 g/mol. The number of amides is 1. The molecule has 0 aromatic heterocycles. The standard InChI is InChI=1S/C20H22N2O6/c1-13(28-21-12-14-4-6-16(24-2)18(10-14)25-3)20(23)22-15-5-7-17-19(11-15)27-9-8-26-17/h4-7,10-13H,8-9H2,1-3H3,(H,22,23)/b21-12-/t13-/m1/s1. The van der Waals surface area contributed by atoms with E-state index in [-0.39, 0.29) is 5.91 Å². The molecular weight excluding hydrogens is 364 g/mol. The Balaban J connectivity index is 1.56. The van der Waals surface area contributed by atoms with Gasteiger partial charge in [0.2, 0.25) is 6.10 Å². The average Bonchev–Trinajstić information content (AvgIpc) is 2.73. The van der Waals surface area contributed by atoms with Crippen molar-refractivity contribution in [3.8, 4) is 23.0 Å². The van der Waals surface area contributed by atoms with Crippen molar-refractivity contribution in [2.75, 3.05) is 32.8 Å². The Morgan fingerprint density at radius 2 is 1.82 bits per heavy atom. The van der Waals surface area contributed by atoms with E-state index in [9.17, 15) is 4.79 Å². The summed E-state index contributed by atoms with van der Waals surface area (Å²) in [6, 6.07) is 10.5. The van der Waals surface area contributed by atoms with Gasteiger partial charge in [-0.25, -0.2) is 0 Å². The summed E-state index contributed by atoms with van der Waals surface area (Å²) < 4.78 is 21.4. The van der Waals surface area contributed by atoms with Gasteiger partial charge in [0.05, 0.1) is 20.4 Å². The topological polar surface area (TPSA) is 87.6 Å². The van der Waals surface area contributed by atoms with Crippen LogP contribution in [0.25, 0.3) is 0 Å². The molecule has 28 heavy (non-hydrogen) atoms. The summed E-state index contributed by atoms with van der Waals surface area (Å²) in [4.78, 5) is 17.5. The molecular formula is C20H22N2O6. The molecule has 1 heterocycles. The van der Waals surface area contributed by atoms with Crippen molar-refractivity contribution in [2.24, 2.45) is 5.16 Å². The van der Waals surface area contributed by atoms with E-state index in [1.165, 1.54) is 6.21 Å². The summed E-state index contributed by atoms with van der Waals surface area (Å²) in [7, 11) is 3.12. The fraction of sp³-hybridized carbons (Fsp3) is 0.300. The van der Waals surface area contributed by atoms with E-state index in [4.69, 9.17) is 23.8 Å². The number of hydrogen-bond donors (Lipinski definition) is 1. The molecule has 0 saturated carbocycles. The van der Waals surface area contributed by atoms with Gasteiger partial charge in [-0.05, 0) is 37.3 Å². The van der Waals surface area contributed by atoms with Crippen molar-refractivity contribution >= 4 is 17.8 Å². The minimum absolute atomic E-state index is 0.332. The minimum Gasteiger partial charge on any atom is -0.493 e. The Kier molecular flexibility index (Phi) is 6.21. The number of oxime groups is 1. The second-order valence-corrected chi connectivity index (χ2v) is 5.94. The van der Waals surface area contributed by atoms with Gasteiger partial charge in [0.25, 0.3) is 5.91 Å². The number of nitrogens with one attached hydrogen (secondary N) is 1. The third kappa shape index (κ3) is 4.64. The van der Waals surface area contributed by atoms with Crippen LogP contribution in [0.1, 0.15) is 12.5 Å². The number of fused-ring (bicyclic) bond motifs is 1. The van der Waals surface area contributed by atoms with E-state index in [0.717, 1.165) is 5.56 Å². The largest absolute Gasteiger partial charge is 0.493 e. The highest BCUT2D eigenvalue weighted by Crippen LogP contribution is 2.32. The quantitative estimate of drug-likeness (QED) is 0.582. The fourth-order valence-corrected chi connectivity index (χ4v) is 2.53. The van der Waals surface area contributed by atoms with Crippen molar-refractivity contribution in [3.63, 3.8) is 0 Å². The van der Waals surface area contributed by atoms with E-state index in [0.29, 0.717) is 41.9 Å². The first-order valence-corrected chi connectivity index (χ1v) is 8.72. The van der Waals surface area contributed by atoms with Gasteiger partial charge in [-0.15, -0.1) is 0 Å². The number of ether oxygens (including phenoxy) is 4. The van der Waals surface area contributed by atoms with Gasteiger partial charge in [0, 0.05) is 17.3 Å². The molecule has 1 aliphatic rings. The Morgan fingerprint density at radius 1 is 1.07 bits per heavy atom. The molecule has 0 aliphatic carbocycles. The van der Waals surface area contributed by atoms with Crippen LogP contribution >= 0.6 is 0 Å². The van der Waals surface area contributed by atoms with Gasteiger partial charge < -0.3 is 29.1 Å². The van der Waals surface area contributed by atoms with Gasteiger partial charge in [-0.2, -0.15) is 0 Å². The van der Waals surface area contributed by atoms with Gasteiger partial charge in [0.1, 0.15) is 13.2 Å². The third-order valence-corrected chi connectivity index (χ3v) is 4.01. The van der Waals surface area contributed by atoms with E-state index < -0.39 is 6.10 Å². The molecule has 3 rings (SSSR count). The first kappa shape index (κ1) is 19.3. The molecule has 1 atom stereocenters. The van der Waals surface area contributed by atoms with Gasteiger partial charge in [-0.1, -0.05) is 5.16 Å². The van der Waals surface area contributed by atoms with E-state index in [2.05, 4.69) is 10.5 Å². The number of carbonyl (C=O) groups excluding carboxylic acids is 1. The Bertz CT molecular complexity index is 868. The number of rotatable bonds is 7. The third-order valence-electron chi connectivity index (χ3n) is 4.01. The molecule has 0 radical (unpaired) electrons. The molecule has 0 unspecified atom stereocenters. The summed E-state index contributed by atoms with van der Waals surface area (Å²) in [6.07, 6.45) is 0.708. The van der Waals surface area contributed by atoms with Crippen LogP contribution in [-0.2, 0) is 9.63 Å². The highest BCUT2D eigenvalue weighted by molar-refractivity contribution is 5.94. The van der Waals surface area contributed by atoms with Crippen LogP contribution in [0.4, 0.5) is 5.69 Å². The average molecular weight is 386 g/mol. The molecule has 1 amide bonds. The lowest BCUT2D eigenvalue weighted by molar-refractivity contribution is -0.126. The molecule has 1 N–H and O–H groups in total. The van der Waals surface area contributed by atoms with E-state index in [1.54, 1.807) is 57.5 Å². The molecule has 0 saturated heterocycles. The maximum Gasteiger partial charge on any atom is 0.267 e. The highest BCUT2D eigenvalue weighted by atomic mass is 16.6. The number of benzene rings is 2. The van der Waals surface area contributed by atoms with Gasteiger partial charge >= 0.3 is 0 Å². The second kappa shape index (κ2) is 8.98. The second-order valence-electron chi connectivity index (χ2n) is 5.94. The smallest absolute Gasteiger partial charge is 0.267 e. The summed E-state index contributed by atoms with van der Waals surface area (Å²) in [5, 5.41) is 6.64. The van der Waals surface area contributed by atoms with E-state index >= 15 is 0 Å². The van der Waals surface area contributed by atoms with E-state index in [1.807, 2.05) is 0 Å². The molecule has 1 aliphatic heterocycles. The van der Waals surface area contributed by atoms with Crippen molar-refractivity contribution in [1.82, 2.24) is 0 Å². The number of anilines is 1. The lowest BCUT2D eigenvalue weighted by Crippen LogP contribution is -2.26. The normalized spacial score (nSPS) is 13.7. The molecule has 148 valence electrons. The summed E-state index contributed by atoms with van der Waals surface area (Å²) in [6.45, 7) is 2.61.